The lowest BCUT2D eigenvalue weighted by molar-refractivity contribution is -0.117. The molecule has 0 bridgehead atoms. The van der Waals surface area contributed by atoms with E-state index in [0.29, 0.717) is 0 Å². The van der Waals surface area contributed by atoms with Gasteiger partial charge in [-0.3, -0.25) is 4.79 Å². The first-order chi connectivity index (χ1) is 11.7. The molecular formula is C20H25N3O. The Labute approximate surface area is 143 Å². The van der Waals surface area contributed by atoms with Crippen LogP contribution in [0.1, 0.15) is 26.7 Å². The zero-order chi connectivity index (χ0) is 16.9. The Balaban J connectivity index is 1.60. The molecule has 4 nitrogen and oxygen atoms in total. The van der Waals surface area contributed by atoms with Gasteiger partial charge in [-0.1, -0.05) is 0 Å². The van der Waals surface area contributed by atoms with E-state index in [0.717, 1.165) is 43.0 Å². The number of nitrogens with zero attached hydrogens (tertiary/aromatic N) is 1. The summed E-state index contributed by atoms with van der Waals surface area (Å²) in [5.74, 6) is 0.370. The van der Waals surface area contributed by atoms with Crippen LogP contribution in [0.4, 0.5) is 22.7 Å². The molecule has 3 rings (SSSR count). The number of hydrogen-bond acceptors (Lipinski definition) is 3. The molecule has 0 unspecified atom stereocenters. The van der Waals surface area contributed by atoms with E-state index in [-0.39, 0.29) is 11.8 Å². The summed E-state index contributed by atoms with van der Waals surface area (Å²) in [4.78, 5) is 14.1. The lowest BCUT2D eigenvalue weighted by Gasteiger charge is -2.21. The molecule has 0 saturated heterocycles. The summed E-state index contributed by atoms with van der Waals surface area (Å²) in [6.07, 6.45) is 2.05. The van der Waals surface area contributed by atoms with Gasteiger partial charge in [-0.05, 0) is 75.2 Å². The summed E-state index contributed by atoms with van der Waals surface area (Å²) >= 11 is 0. The molecule has 0 heterocycles. The number of amides is 1. The minimum absolute atomic E-state index is 0.141. The highest BCUT2D eigenvalue weighted by atomic mass is 16.2. The number of carbonyl (C=O) groups is 1. The zero-order valence-electron chi connectivity index (χ0n) is 14.4. The van der Waals surface area contributed by atoms with Crippen LogP contribution in [-0.4, -0.2) is 19.0 Å². The predicted molar refractivity (Wildman–Crippen MR) is 101 cm³/mol. The Morgan fingerprint density at radius 1 is 0.917 bits per heavy atom. The summed E-state index contributed by atoms with van der Waals surface area (Å²) < 4.78 is 0. The van der Waals surface area contributed by atoms with Crippen molar-refractivity contribution in [3.63, 3.8) is 0 Å². The monoisotopic (exact) mass is 323 g/mol. The molecule has 4 heteroatoms. The number of benzene rings is 2. The molecule has 0 spiro atoms. The van der Waals surface area contributed by atoms with Gasteiger partial charge in [0, 0.05) is 41.8 Å². The Morgan fingerprint density at radius 3 is 1.92 bits per heavy atom. The highest BCUT2D eigenvalue weighted by molar-refractivity contribution is 5.94. The second-order valence-corrected chi connectivity index (χ2v) is 6.19. The largest absolute Gasteiger partial charge is 0.372 e. The van der Waals surface area contributed by atoms with E-state index in [1.165, 1.54) is 5.69 Å². The average Bonchev–Trinajstić information content (AvgIpc) is 3.44. The average molecular weight is 323 g/mol. The van der Waals surface area contributed by atoms with Crippen LogP contribution in [0.25, 0.3) is 0 Å². The summed E-state index contributed by atoms with van der Waals surface area (Å²) in [5, 5.41) is 6.35. The van der Waals surface area contributed by atoms with Gasteiger partial charge >= 0.3 is 0 Å². The minimum atomic E-state index is 0.141. The molecule has 126 valence electrons. The molecule has 0 aromatic heterocycles. The molecule has 2 N–H and O–H groups in total. The van der Waals surface area contributed by atoms with Crippen LogP contribution in [0.2, 0.25) is 0 Å². The van der Waals surface area contributed by atoms with Gasteiger partial charge in [0.15, 0.2) is 0 Å². The Hall–Kier alpha value is -2.49. The predicted octanol–water partition coefficient (Wildman–Crippen LogP) is 4.62. The van der Waals surface area contributed by atoms with Crippen molar-refractivity contribution in [2.24, 2.45) is 5.92 Å². The summed E-state index contributed by atoms with van der Waals surface area (Å²) in [6.45, 7) is 6.35. The molecule has 2 aromatic rings. The highest BCUT2D eigenvalue weighted by Crippen LogP contribution is 2.30. The van der Waals surface area contributed by atoms with Gasteiger partial charge in [-0.2, -0.15) is 0 Å². The number of carbonyl (C=O) groups excluding carboxylic acids is 1. The molecule has 0 atom stereocenters. The molecule has 1 saturated carbocycles. The van der Waals surface area contributed by atoms with Gasteiger partial charge in [0.2, 0.25) is 5.91 Å². The summed E-state index contributed by atoms with van der Waals surface area (Å²) in [6, 6.07) is 16.3. The molecule has 1 aliphatic rings. The second kappa shape index (κ2) is 7.39. The third-order valence-corrected chi connectivity index (χ3v) is 4.39. The van der Waals surface area contributed by atoms with Gasteiger partial charge in [0.25, 0.3) is 0 Å². The second-order valence-electron chi connectivity index (χ2n) is 6.19. The molecular weight excluding hydrogens is 298 g/mol. The zero-order valence-corrected chi connectivity index (χ0v) is 14.4. The number of rotatable bonds is 7. The van der Waals surface area contributed by atoms with Crippen LogP contribution in [0, 0.1) is 5.92 Å². The van der Waals surface area contributed by atoms with Crippen molar-refractivity contribution >= 4 is 28.7 Å². The number of nitrogens with one attached hydrogen (secondary N) is 2. The maximum absolute atomic E-state index is 11.8. The lowest BCUT2D eigenvalue weighted by Crippen LogP contribution is -2.21. The Kier molecular flexibility index (Phi) is 5.04. The molecule has 2 aromatic carbocycles. The first kappa shape index (κ1) is 16.4. The van der Waals surface area contributed by atoms with Crippen molar-refractivity contribution < 1.29 is 4.79 Å². The first-order valence-corrected chi connectivity index (χ1v) is 8.72. The SMILES string of the molecule is CCN(CC)c1ccc(Nc2ccc(NC(=O)C3CC3)cc2)cc1. The summed E-state index contributed by atoms with van der Waals surface area (Å²) in [7, 11) is 0. The maximum Gasteiger partial charge on any atom is 0.227 e. The van der Waals surface area contributed by atoms with Crippen LogP contribution < -0.4 is 15.5 Å². The van der Waals surface area contributed by atoms with E-state index in [1.54, 1.807) is 0 Å². The normalized spacial score (nSPS) is 13.4. The van der Waals surface area contributed by atoms with Crippen LogP contribution >= 0.6 is 0 Å². The van der Waals surface area contributed by atoms with E-state index in [4.69, 9.17) is 0 Å². The van der Waals surface area contributed by atoms with Gasteiger partial charge in [0.05, 0.1) is 0 Å². The molecule has 1 fully saturated rings. The van der Waals surface area contributed by atoms with Gasteiger partial charge in [-0.25, -0.2) is 0 Å². The third kappa shape index (κ3) is 4.07. The van der Waals surface area contributed by atoms with E-state index >= 15 is 0 Å². The molecule has 0 aliphatic heterocycles. The van der Waals surface area contributed by atoms with Gasteiger partial charge < -0.3 is 15.5 Å². The van der Waals surface area contributed by atoms with E-state index < -0.39 is 0 Å². The van der Waals surface area contributed by atoms with Crippen LogP contribution in [0.3, 0.4) is 0 Å². The molecule has 1 amide bonds. The highest BCUT2D eigenvalue weighted by Gasteiger charge is 2.29. The van der Waals surface area contributed by atoms with E-state index in [2.05, 4.69) is 53.6 Å². The Morgan fingerprint density at radius 2 is 1.42 bits per heavy atom. The fourth-order valence-corrected chi connectivity index (χ4v) is 2.74. The molecule has 1 aliphatic carbocycles. The quantitative estimate of drug-likeness (QED) is 0.781. The van der Waals surface area contributed by atoms with E-state index in [1.807, 2.05) is 24.3 Å². The van der Waals surface area contributed by atoms with Crippen molar-refractivity contribution in [2.45, 2.75) is 26.7 Å². The van der Waals surface area contributed by atoms with Crippen LogP contribution in [-0.2, 0) is 4.79 Å². The van der Waals surface area contributed by atoms with Crippen molar-refractivity contribution in [3.05, 3.63) is 48.5 Å². The van der Waals surface area contributed by atoms with Crippen molar-refractivity contribution in [2.75, 3.05) is 28.6 Å². The fraction of sp³-hybridized carbons (Fsp3) is 0.350. The molecule has 24 heavy (non-hydrogen) atoms. The fourth-order valence-electron chi connectivity index (χ4n) is 2.74. The topological polar surface area (TPSA) is 44.4 Å². The number of hydrogen-bond donors (Lipinski definition) is 2. The van der Waals surface area contributed by atoms with Gasteiger partial charge in [-0.15, -0.1) is 0 Å². The minimum Gasteiger partial charge on any atom is -0.372 e. The van der Waals surface area contributed by atoms with E-state index in [9.17, 15) is 4.79 Å². The molecule has 0 radical (unpaired) electrons. The third-order valence-electron chi connectivity index (χ3n) is 4.39. The van der Waals surface area contributed by atoms with Crippen LogP contribution in [0.5, 0.6) is 0 Å². The van der Waals surface area contributed by atoms with Crippen molar-refractivity contribution in [1.29, 1.82) is 0 Å². The van der Waals surface area contributed by atoms with Gasteiger partial charge in [0.1, 0.15) is 0 Å². The first-order valence-electron chi connectivity index (χ1n) is 8.72. The maximum atomic E-state index is 11.8. The van der Waals surface area contributed by atoms with Crippen LogP contribution in [0.15, 0.2) is 48.5 Å². The lowest BCUT2D eigenvalue weighted by atomic mass is 10.2. The summed E-state index contributed by atoms with van der Waals surface area (Å²) in [5.41, 5.74) is 4.16. The number of anilines is 4. The standard InChI is InChI=1S/C20H25N3O/c1-3-23(4-2)19-13-11-17(12-14-19)21-16-7-9-18(10-8-16)22-20(24)15-5-6-15/h7-15,21H,3-6H2,1-2H3,(H,22,24). The van der Waals surface area contributed by atoms with Crippen molar-refractivity contribution in [1.82, 2.24) is 0 Å². The smallest absolute Gasteiger partial charge is 0.227 e. The Bertz CT molecular complexity index is 671. The van der Waals surface area contributed by atoms with Crippen molar-refractivity contribution in [3.8, 4) is 0 Å².